The van der Waals surface area contributed by atoms with Gasteiger partial charge in [-0.2, -0.15) is 0 Å². The summed E-state index contributed by atoms with van der Waals surface area (Å²) in [4.78, 5) is 37.0. The standard InChI is InChI=1S/C15H24N2O4/c1-15(14(20)21)8-5-6-11(15)16-12(18)10-17-9-4-2-3-7-13(17)19/h11H,2-10H2,1H3,(H,16,18)(H,20,21). The second-order valence-corrected chi connectivity index (χ2v) is 6.36. The highest BCUT2D eigenvalue weighted by Gasteiger charge is 2.45. The lowest BCUT2D eigenvalue weighted by atomic mass is 9.85. The monoisotopic (exact) mass is 296 g/mol. The van der Waals surface area contributed by atoms with Gasteiger partial charge in [0.2, 0.25) is 11.8 Å². The molecule has 0 aromatic rings. The van der Waals surface area contributed by atoms with E-state index in [9.17, 15) is 19.5 Å². The number of aliphatic carboxylic acids is 1. The zero-order valence-corrected chi connectivity index (χ0v) is 12.6. The second-order valence-electron chi connectivity index (χ2n) is 6.36. The Morgan fingerprint density at radius 1 is 1.33 bits per heavy atom. The predicted octanol–water partition coefficient (Wildman–Crippen LogP) is 1.15. The van der Waals surface area contributed by atoms with Gasteiger partial charge < -0.3 is 15.3 Å². The van der Waals surface area contributed by atoms with Gasteiger partial charge >= 0.3 is 5.97 Å². The Labute approximate surface area is 124 Å². The number of nitrogens with one attached hydrogen (secondary N) is 1. The molecule has 0 aromatic carbocycles. The van der Waals surface area contributed by atoms with E-state index in [-0.39, 0.29) is 24.4 Å². The number of hydrogen-bond acceptors (Lipinski definition) is 3. The SMILES string of the molecule is CC1(C(=O)O)CCCC1NC(=O)CN1CCCCCC1=O. The van der Waals surface area contributed by atoms with E-state index in [1.165, 1.54) is 0 Å². The van der Waals surface area contributed by atoms with Crippen molar-refractivity contribution < 1.29 is 19.5 Å². The molecule has 2 unspecified atom stereocenters. The maximum atomic E-state index is 12.1. The highest BCUT2D eigenvalue weighted by molar-refractivity contribution is 5.86. The van der Waals surface area contributed by atoms with E-state index >= 15 is 0 Å². The number of carboxylic acid groups (broad SMARTS) is 1. The molecule has 2 aliphatic rings. The molecule has 21 heavy (non-hydrogen) atoms. The molecule has 118 valence electrons. The van der Waals surface area contributed by atoms with E-state index in [0.717, 1.165) is 25.7 Å². The topological polar surface area (TPSA) is 86.7 Å². The van der Waals surface area contributed by atoms with E-state index in [2.05, 4.69) is 5.32 Å². The largest absolute Gasteiger partial charge is 0.481 e. The maximum absolute atomic E-state index is 12.1. The molecule has 2 fully saturated rings. The average Bonchev–Trinajstić information content (AvgIpc) is 2.67. The molecule has 2 atom stereocenters. The van der Waals surface area contributed by atoms with Crippen molar-refractivity contribution in [3.8, 4) is 0 Å². The summed E-state index contributed by atoms with van der Waals surface area (Å²) < 4.78 is 0. The third-order valence-electron chi connectivity index (χ3n) is 4.79. The summed E-state index contributed by atoms with van der Waals surface area (Å²) in [6.45, 7) is 2.35. The number of carboxylic acids is 1. The lowest BCUT2D eigenvalue weighted by Gasteiger charge is -2.29. The van der Waals surface area contributed by atoms with E-state index in [1.54, 1.807) is 11.8 Å². The maximum Gasteiger partial charge on any atom is 0.311 e. The first-order valence-corrected chi connectivity index (χ1v) is 7.74. The molecular formula is C15H24N2O4. The summed E-state index contributed by atoms with van der Waals surface area (Å²) in [6.07, 6.45) is 5.40. The van der Waals surface area contributed by atoms with E-state index in [0.29, 0.717) is 25.8 Å². The first kappa shape index (κ1) is 15.8. The second kappa shape index (κ2) is 6.45. The molecule has 1 heterocycles. The van der Waals surface area contributed by atoms with Crippen molar-refractivity contribution in [3.05, 3.63) is 0 Å². The predicted molar refractivity (Wildman–Crippen MR) is 76.6 cm³/mol. The van der Waals surface area contributed by atoms with Gasteiger partial charge in [-0.05, 0) is 32.6 Å². The van der Waals surface area contributed by atoms with Gasteiger partial charge in [0.25, 0.3) is 0 Å². The Bertz CT molecular complexity index is 437. The molecule has 1 aliphatic carbocycles. The quantitative estimate of drug-likeness (QED) is 0.814. The van der Waals surface area contributed by atoms with Crippen LogP contribution in [0.3, 0.4) is 0 Å². The van der Waals surface area contributed by atoms with Gasteiger partial charge in [0.1, 0.15) is 0 Å². The third-order valence-corrected chi connectivity index (χ3v) is 4.79. The molecular weight excluding hydrogens is 272 g/mol. The number of likely N-dealkylation sites (tertiary alicyclic amines) is 1. The molecule has 2 amide bonds. The molecule has 1 saturated carbocycles. The Morgan fingerprint density at radius 2 is 2.10 bits per heavy atom. The Morgan fingerprint density at radius 3 is 2.81 bits per heavy atom. The molecule has 2 N–H and O–H groups in total. The lowest BCUT2D eigenvalue weighted by molar-refractivity contribution is -0.149. The molecule has 2 rings (SSSR count). The minimum absolute atomic E-state index is 0.0232. The van der Waals surface area contributed by atoms with Crippen LogP contribution < -0.4 is 5.32 Å². The van der Waals surface area contributed by atoms with Gasteiger partial charge in [-0.3, -0.25) is 14.4 Å². The van der Waals surface area contributed by atoms with Crippen LogP contribution in [0, 0.1) is 5.41 Å². The average molecular weight is 296 g/mol. The van der Waals surface area contributed by atoms with Gasteiger partial charge in [0.15, 0.2) is 0 Å². The highest BCUT2D eigenvalue weighted by atomic mass is 16.4. The van der Waals surface area contributed by atoms with Crippen molar-refractivity contribution in [1.82, 2.24) is 10.2 Å². The van der Waals surface area contributed by atoms with E-state index in [1.807, 2.05) is 0 Å². The van der Waals surface area contributed by atoms with Crippen LogP contribution in [0.25, 0.3) is 0 Å². The van der Waals surface area contributed by atoms with Crippen LogP contribution in [0.1, 0.15) is 51.9 Å². The lowest BCUT2D eigenvalue weighted by Crippen LogP contribution is -2.50. The van der Waals surface area contributed by atoms with E-state index in [4.69, 9.17) is 0 Å². The van der Waals surface area contributed by atoms with E-state index < -0.39 is 11.4 Å². The zero-order valence-electron chi connectivity index (χ0n) is 12.6. The van der Waals surface area contributed by atoms with Crippen molar-refractivity contribution in [2.45, 2.75) is 57.9 Å². The summed E-state index contributed by atoms with van der Waals surface area (Å²) in [5.41, 5.74) is -0.890. The summed E-state index contributed by atoms with van der Waals surface area (Å²) in [5.74, 6) is -1.09. The van der Waals surface area contributed by atoms with Gasteiger partial charge in [-0.25, -0.2) is 0 Å². The number of carbonyl (C=O) groups is 3. The van der Waals surface area contributed by atoms with Crippen molar-refractivity contribution in [2.75, 3.05) is 13.1 Å². The fourth-order valence-electron chi connectivity index (χ4n) is 3.27. The van der Waals surface area contributed by atoms with Gasteiger partial charge in [-0.1, -0.05) is 12.8 Å². The van der Waals surface area contributed by atoms with Crippen LogP contribution >= 0.6 is 0 Å². The fraction of sp³-hybridized carbons (Fsp3) is 0.800. The molecule has 1 saturated heterocycles. The summed E-state index contributed by atoms with van der Waals surface area (Å²) in [6, 6.07) is -0.343. The normalized spacial score (nSPS) is 30.0. The molecule has 0 aromatic heterocycles. The first-order valence-electron chi connectivity index (χ1n) is 7.74. The minimum Gasteiger partial charge on any atom is -0.481 e. The van der Waals surface area contributed by atoms with Gasteiger partial charge in [-0.15, -0.1) is 0 Å². The smallest absolute Gasteiger partial charge is 0.311 e. The number of amides is 2. The molecule has 6 nitrogen and oxygen atoms in total. The summed E-state index contributed by atoms with van der Waals surface area (Å²) in [7, 11) is 0. The van der Waals surface area contributed by atoms with Crippen LogP contribution in [-0.4, -0.2) is 46.9 Å². The van der Waals surface area contributed by atoms with Crippen molar-refractivity contribution >= 4 is 17.8 Å². The third kappa shape index (κ3) is 3.54. The van der Waals surface area contributed by atoms with Crippen LogP contribution in [0.2, 0.25) is 0 Å². The highest BCUT2D eigenvalue weighted by Crippen LogP contribution is 2.38. The first-order chi connectivity index (χ1) is 9.93. The Kier molecular flexibility index (Phi) is 4.85. The van der Waals surface area contributed by atoms with Crippen molar-refractivity contribution in [1.29, 1.82) is 0 Å². The number of nitrogens with zero attached hydrogens (tertiary/aromatic N) is 1. The summed E-state index contributed by atoms with van der Waals surface area (Å²) in [5, 5.41) is 12.2. The zero-order chi connectivity index (χ0) is 15.5. The number of carbonyl (C=O) groups excluding carboxylic acids is 2. The van der Waals surface area contributed by atoms with Gasteiger partial charge in [0, 0.05) is 19.0 Å². The van der Waals surface area contributed by atoms with Crippen molar-refractivity contribution in [2.24, 2.45) is 5.41 Å². The molecule has 0 spiro atoms. The number of hydrogen-bond donors (Lipinski definition) is 2. The molecule has 0 radical (unpaired) electrons. The van der Waals surface area contributed by atoms with Crippen LogP contribution in [0.5, 0.6) is 0 Å². The molecule has 6 heteroatoms. The number of rotatable bonds is 4. The molecule has 1 aliphatic heterocycles. The van der Waals surface area contributed by atoms with Crippen molar-refractivity contribution in [3.63, 3.8) is 0 Å². The summed E-state index contributed by atoms with van der Waals surface area (Å²) >= 11 is 0. The Hall–Kier alpha value is -1.59. The Balaban J connectivity index is 1.92. The van der Waals surface area contributed by atoms with Crippen LogP contribution in [-0.2, 0) is 14.4 Å². The fourth-order valence-corrected chi connectivity index (χ4v) is 3.27. The van der Waals surface area contributed by atoms with Gasteiger partial charge in [0.05, 0.1) is 12.0 Å². The molecule has 0 bridgehead atoms. The van der Waals surface area contributed by atoms with Crippen LogP contribution in [0.15, 0.2) is 0 Å². The van der Waals surface area contributed by atoms with Crippen LogP contribution in [0.4, 0.5) is 0 Å². The minimum atomic E-state index is -0.890.